The van der Waals surface area contributed by atoms with Crippen LogP contribution < -0.4 is 5.32 Å². The number of ether oxygens (including phenoxy) is 2. The molecule has 2 unspecified atom stereocenters. The van der Waals surface area contributed by atoms with E-state index in [2.05, 4.69) is 12.2 Å². The van der Waals surface area contributed by atoms with Gasteiger partial charge in [0.2, 0.25) is 0 Å². The summed E-state index contributed by atoms with van der Waals surface area (Å²) in [5.74, 6) is 0. The molecule has 0 amide bonds. The first-order chi connectivity index (χ1) is 6.33. The van der Waals surface area contributed by atoms with Gasteiger partial charge in [-0.2, -0.15) is 0 Å². The molecule has 0 aromatic carbocycles. The van der Waals surface area contributed by atoms with E-state index in [0.29, 0.717) is 6.10 Å². The fourth-order valence-electron chi connectivity index (χ4n) is 1.56. The summed E-state index contributed by atoms with van der Waals surface area (Å²) >= 11 is 0. The van der Waals surface area contributed by atoms with Crippen molar-refractivity contribution in [1.82, 2.24) is 5.32 Å². The lowest BCUT2D eigenvalue weighted by Gasteiger charge is -2.24. The zero-order valence-electron chi connectivity index (χ0n) is 8.71. The molecule has 1 aliphatic heterocycles. The van der Waals surface area contributed by atoms with E-state index in [1.807, 2.05) is 7.05 Å². The molecule has 2 atom stereocenters. The van der Waals surface area contributed by atoms with Crippen LogP contribution >= 0.6 is 0 Å². The van der Waals surface area contributed by atoms with Crippen LogP contribution in [-0.2, 0) is 9.47 Å². The Hall–Kier alpha value is -0.120. The maximum atomic E-state index is 5.63. The second kappa shape index (κ2) is 6.35. The van der Waals surface area contributed by atoms with Gasteiger partial charge in [-0.05, 0) is 33.2 Å². The highest BCUT2D eigenvalue weighted by Crippen LogP contribution is 2.13. The van der Waals surface area contributed by atoms with Crippen molar-refractivity contribution in [2.75, 3.05) is 26.8 Å². The third-order valence-corrected chi connectivity index (χ3v) is 2.33. The Bertz CT molecular complexity index is 124. The third-order valence-electron chi connectivity index (χ3n) is 2.33. The average Bonchev–Trinajstić information content (AvgIpc) is 2.17. The van der Waals surface area contributed by atoms with Crippen LogP contribution in [0.4, 0.5) is 0 Å². The number of hydrogen-bond donors (Lipinski definition) is 1. The summed E-state index contributed by atoms with van der Waals surface area (Å²) in [6, 6.07) is 0. The van der Waals surface area contributed by atoms with Gasteiger partial charge in [-0.15, -0.1) is 0 Å². The smallest absolute Gasteiger partial charge is 0.0808 e. The van der Waals surface area contributed by atoms with Crippen molar-refractivity contribution in [2.24, 2.45) is 0 Å². The molecule has 1 heterocycles. The first-order valence-electron chi connectivity index (χ1n) is 5.20. The summed E-state index contributed by atoms with van der Waals surface area (Å²) in [6.45, 7) is 4.66. The Kier molecular flexibility index (Phi) is 5.35. The van der Waals surface area contributed by atoms with E-state index < -0.39 is 0 Å². The molecule has 0 bridgehead atoms. The van der Waals surface area contributed by atoms with Crippen LogP contribution in [0.2, 0.25) is 0 Å². The largest absolute Gasteiger partial charge is 0.376 e. The molecule has 0 aromatic heterocycles. The molecule has 0 spiro atoms. The number of nitrogens with one attached hydrogen (secondary N) is 1. The van der Waals surface area contributed by atoms with E-state index in [4.69, 9.17) is 9.47 Å². The summed E-state index contributed by atoms with van der Waals surface area (Å²) in [7, 11) is 1.94. The van der Waals surface area contributed by atoms with Crippen LogP contribution in [0, 0.1) is 0 Å². The summed E-state index contributed by atoms with van der Waals surface area (Å²) in [6.07, 6.45) is 4.28. The van der Waals surface area contributed by atoms with Gasteiger partial charge in [-0.25, -0.2) is 0 Å². The molecule has 3 nitrogen and oxygen atoms in total. The molecule has 0 saturated carbocycles. The van der Waals surface area contributed by atoms with Crippen LogP contribution in [0.25, 0.3) is 0 Å². The molecule has 1 aliphatic rings. The molecule has 1 N–H and O–H groups in total. The second-order valence-corrected chi connectivity index (χ2v) is 3.69. The fraction of sp³-hybridized carbons (Fsp3) is 1.00. The zero-order chi connectivity index (χ0) is 9.52. The minimum absolute atomic E-state index is 0.288. The molecular formula is C10H21NO2. The predicted molar refractivity (Wildman–Crippen MR) is 52.9 cm³/mol. The van der Waals surface area contributed by atoms with Gasteiger partial charge in [-0.3, -0.25) is 0 Å². The van der Waals surface area contributed by atoms with Crippen molar-refractivity contribution in [3.63, 3.8) is 0 Å². The normalized spacial score (nSPS) is 25.8. The molecule has 0 radical (unpaired) electrons. The van der Waals surface area contributed by atoms with Crippen molar-refractivity contribution in [3.05, 3.63) is 0 Å². The SMILES string of the molecule is CNCC(C)OCC1CCCCO1. The van der Waals surface area contributed by atoms with Crippen LogP contribution in [0.15, 0.2) is 0 Å². The Morgan fingerprint density at radius 1 is 1.54 bits per heavy atom. The van der Waals surface area contributed by atoms with Gasteiger partial charge in [0.25, 0.3) is 0 Å². The lowest BCUT2D eigenvalue weighted by atomic mass is 10.1. The number of hydrogen-bond acceptors (Lipinski definition) is 3. The maximum Gasteiger partial charge on any atom is 0.0808 e. The fourth-order valence-corrected chi connectivity index (χ4v) is 1.56. The quantitative estimate of drug-likeness (QED) is 0.701. The van der Waals surface area contributed by atoms with Crippen LogP contribution in [0.1, 0.15) is 26.2 Å². The van der Waals surface area contributed by atoms with Gasteiger partial charge in [-0.1, -0.05) is 0 Å². The molecule has 13 heavy (non-hydrogen) atoms. The lowest BCUT2D eigenvalue weighted by molar-refractivity contribution is -0.0581. The summed E-state index contributed by atoms with van der Waals surface area (Å²) in [5.41, 5.74) is 0. The Morgan fingerprint density at radius 2 is 2.38 bits per heavy atom. The molecule has 1 fully saturated rings. The van der Waals surface area contributed by atoms with Crippen molar-refractivity contribution < 1.29 is 9.47 Å². The van der Waals surface area contributed by atoms with Crippen LogP contribution in [0.3, 0.4) is 0 Å². The Morgan fingerprint density at radius 3 is 3.00 bits per heavy atom. The standard InChI is InChI=1S/C10H21NO2/c1-9(7-11-2)13-8-10-5-3-4-6-12-10/h9-11H,3-8H2,1-2H3. The molecule has 0 aliphatic carbocycles. The van der Waals surface area contributed by atoms with Crippen molar-refractivity contribution in [1.29, 1.82) is 0 Å². The summed E-state index contributed by atoms with van der Waals surface area (Å²) in [4.78, 5) is 0. The summed E-state index contributed by atoms with van der Waals surface area (Å²) < 4.78 is 11.2. The van der Waals surface area contributed by atoms with E-state index in [-0.39, 0.29) is 6.10 Å². The Labute approximate surface area is 80.8 Å². The van der Waals surface area contributed by atoms with Gasteiger partial charge in [0, 0.05) is 13.2 Å². The molecule has 0 aromatic rings. The highest BCUT2D eigenvalue weighted by atomic mass is 16.5. The average molecular weight is 187 g/mol. The maximum absolute atomic E-state index is 5.63. The van der Waals surface area contributed by atoms with Crippen LogP contribution in [0.5, 0.6) is 0 Å². The molecule has 78 valence electrons. The van der Waals surface area contributed by atoms with Gasteiger partial charge in [0.05, 0.1) is 18.8 Å². The van der Waals surface area contributed by atoms with Crippen LogP contribution in [-0.4, -0.2) is 39.0 Å². The second-order valence-electron chi connectivity index (χ2n) is 3.69. The van der Waals surface area contributed by atoms with Crippen molar-refractivity contribution in [2.45, 2.75) is 38.4 Å². The number of rotatable bonds is 5. The third kappa shape index (κ3) is 4.60. The molecule has 3 heteroatoms. The van der Waals surface area contributed by atoms with E-state index >= 15 is 0 Å². The lowest BCUT2D eigenvalue weighted by Crippen LogP contribution is -2.30. The van der Waals surface area contributed by atoms with E-state index in [0.717, 1.165) is 26.2 Å². The number of likely N-dealkylation sites (N-methyl/N-ethyl adjacent to an activating group) is 1. The van der Waals surface area contributed by atoms with Gasteiger partial charge in [0.1, 0.15) is 0 Å². The molecule has 1 saturated heterocycles. The highest BCUT2D eigenvalue weighted by Gasteiger charge is 2.14. The monoisotopic (exact) mass is 187 g/mol. The van der Waals surface area contributed by atoms with E-state index in [1.54, 1.807) is 0 Å². The topological polar surface area (TPSA) is 30.5 Å². The van der Waals surface area contributed by atoms with Gasteiger partial charge >= 0.3 is 0 Å². The first-order valence-corrected chi connectivity index (χ1v) is 5.20. The highest BCUT2D eigenvalue weighted by molar-refractivity contribution is 4.63. The minimum Gasteiger partial charge on any atom is -0.376 e. The Balaban J connectivity index is 2.03. The van der Waals surface area contributed by atoms with Crippen molar-refractivity contribution in [3.8, 4) is 0 Å². The first kappa shape index (κ1) is 11.0. The van der Waals surface area contributed by atoms with Crippen molar-refractivity contribution >= 4 is 0 Å². The summed E-state index contributed by atoms with van der Waals surface area (Å²) in [5, 5.41) is 3.09. The molecular weight excluding hydrogens is 166 g/mol. The van der Waals surface area contributed by atoms with Gasteiger partial charge < -0.3 is 14.8 Å². The minimum atomic E-state index is 0.288. The van der Waals surface area contributed by atoms with E-state index in [9.17, 15) is 0 Å². The van der Waals surface area contributed by atoms with Gasteiger partial charge in [0.15, 0.2) is 0 Å². The predicted octanol–water partition coefficient (Wildman–Crippen LogP) is 1.18. The zero-order valence-corrected chi connectivity index (χ0v) is 8.71. The molecule has 1 rings (SSSR count). The van der Waals surface area contributed by atoms with E-state index in [1.165, 1.54) is 12.8 Å².